The number of carboxylic acids is 1. The topological polar surface area (TPSA) is 101 Å². The van der Waals surface area contributed by atoms with Gasteiger partial charge in [0.05, 0.1) is 12.3 Å². The number of alkyl halides is 3. The fraction of sp³-hybridized carbons (Fsp3) is 0.500. The molecule has 204 valence electrons. The normalized spacial score (nSPS) is 15.1. The summed E-state index contributed by atoms with van der Waals surface area (Å²) in [4.78, 5) is 28.1. The Morgan fingerprint density at radius 2 is 1.86 bits per heavy atom. The first-order chi connectivity index (χ1) is 17.7. The van der Waals surface area contributed by atoms with Gasteiger partial charge in [-0.15, -0.1) is 0 Å². The molecule has 0 aliphatic carbocycles. The van der Waals surface area contributed by atoms with Gasteiger partial charge in [0.15, 0.2) is 0 Å². The number of hydrogen-bond donors (Lipinski definition) is 2. The highest BCUT2D eigenvalue weighted by Crippen LogP contribution is 2.20. The second-order valence-electron chi connectivity index (χ2n) is 8.48. The number of aromatic nitrogens is 1. The Labute approximate surface area is 214 Å². The van der Waals surface area contributed by atoms with E-state index < -0.39 is 12.1 Å². The van der Waals surface area contributed by atoms with Gasteiger partial charge < -0.3 is 24.8 Å². The molecule has 0 radical (unpaired) electrons. The molecule has 1 atom stereocenters. The third-order valence-electron chi connectivity index (χ3n) is 5.53. The lowest BCUT2D eigenvalue weighted by Crippen LogP contribution is -2.40. The molecule has 0 saturated carbocycles. The maximum Gasteiger partial charge on any atom is 0.490 e. The van der Waals surface area contributed by atoms with E-state index in [4.69, 9.17) is 19.4 Å². The van der Waals surface area contributed by atoms with Crippen molar-refractivity contribution in [3.8, 4) is 11.3 Å². The molecular weight excluding hydrogens is 491 g/mol. The van der Waals surface area contributed by atoms with E-state index in [0.29, 0.717) is 26.3 Å². The van der Waals surface area contributed by atoms with E-state index >= 15 is 0 Å². The molecule has 1 aliphatic heterocycles. The molecule has 0 spiro atoms. The number of halogens is 3. The predicted molar refractivity (Wildman–Crippen MR) is 132 cm³/mol. The van der Waals surface area contributed by atoms with Crippen molar-refractivity contribution in [3.63, 3.8) is 0 Å². The smallest absolute Gasteiger partial charge is 0.475 e. The molecule has 0 unspecified atom stereocenters. The summed E-state index contributed by atoms with van der Waals surface area (Å²) < 4.78 is 42.5. The number of carboxylic acid groups (broad SMARTS) is 1. The molecule has 11 heteroatoms. The molecule has 0 bridgehead atoms. The minimum Gasteiger partial charge on any atom is -0.475 e. The number of pyridine rings is 1. The van der Waals surface area contributed by atoms with Gasteiger partial charge in [0.1, 0.15) is 6.10 Å². The molecule has 2 aromatic rings. The van der Waals surface area contributed by atoms with E-state index in [9.17, 15) is 18.0 Å². The number of amides is 1. The molecule has 2 heterocycles. The van der Waals surface area contributed by atoms with Crippen LogP contribution in [0, 0.1) is 0 Å². The molecule has 1 aromatic carbocycles. The molecule has 1 amide bonds. The zero-order valence-electron chi connectivity index (χ0n) is 21.1. The van der Waals surface area contributed by atoms with Crippen LogP contribution in [0.4, 0.5) is 13.2 Å². The van der Waals surface area contributed by atoms with Crippen molar-refractivity contribution in [2.24, 2.45) is 0 Å². The van der Waals surface area contributed by atoms with E-state index in [1.54, 1.807) is 7.11 Å². The van der Waals surface area contributed by atoms with E-state index in [1.807, 2.05) is 11.1 Å². The monoisotopic (exact) mass is 525 g/mol. The van der Waals surface area contributed by atoms with Crippen molar-refractivity contribution in [1.29, 1.82) is 0 Å². The standard InChI is InChI=1S/C24H33N3O3.C2HF3O2/c1-3-12-25-16-20-8-11-22(26-17-20)21-9-6-19(7-10-21)18-27(13-15-29-2)24(28)23-5-4-14-30-23;3-2(4,5)1(6)7/h6-11,17,23,25H,3-5,12-16,18H2,1-2H3;(H,6,7)/t23-;/m1./s1. The fourth-order valence-corrected chi connectivity index (χ4v) is 3.56. The molecule has 1 aromatic heterocycles. The first-order valence-corrected chi connectivity index (χ1v) is 12.1. The number of carbonyl (C=O) groups is 2. The molecule has 1 fully saturated rings. The lowest BCUT2D eigenvalue weighted by Gasteiger charge is -2.25. The summed E-state index contributed by atoms with van der Waals surface area (Å²) in [6, 6.07) is 12.4. The average Bonchev–Trinajstić information content (AvgIpc) is 3.42. The van der Waals surface area contributed by atoms with Crippen LogP contribution in [0.3, 0.4) is 0 Å². The first kappa shape index (κ1) is 30.2. The van der Waals surface area contributed by atoms with Crippen molar-refractivity contribution in [2.75, 3.05) is 33.4 Å². The van der Waals surface area contributed by atoms with Gasteiger partial charge in [0.2, 0.25) is 0 Å². The van der Waals surface area contributed by atoms with E-state index in [0.717, 1.165) is 49.2 Å². The zero-order chi connectivity index (χ0) is 27.3. The summed E-state index contributed by atoms with van der Waals surface area (Å²) in [5, 5.41) is 10.5. The molecule has 3 rings (SSSR count). The number of nitrogens with zero attached hydrogens (tertiary/aromatic N) is 2. The van der Waals surface area contributed by atoms with Crippen LogP contribution in [0.15, 0.2) is 42.6 Å². The quantitative estimate of drug-likeness (QED) is 0.427. The van der Waals surface area contributed by atoms with E-state index in [1.165, 1.54) is 5.56 Å². The minimum atomic E-state index is -5.08. The summed E-state index contributed by atoms with van der Waals surface area (Å²) in [6.45, 7) is 6.32. The van der Waals surface area contributed by atoms with Gasteiger partial charge in [0.25, 0.3) is 5.91 Å². The Morgan fingerprint density at radius 3 is 2.38 bits per heavy atom. The van der Waals surface area contributed by atoms with Crippen LogP contribution in [0.5, 0.6) is 0 Å². The number of benzene rings is 1. The van der Waals surface area contributed by atoms with E-state index in [-0.39, 0.29) is 12.0 Å². The van der Waals surface area contributed by atoms with Gasteiger partial charge in [-0.25, -0.2) is 4.79 Å². The third-order valence-corrected chi connectivity index (χ3v) is 5.53. The second-order valence-corrected chi connectivity index (χ2v) is 8.48. The lowest BCUT2D eigenvalue weighted by atomic mass is 10.1. The number of rotatable bonds is 11. The van der Waals surface area contributed by atoms with E-state index in [2.05, 4.69) is 53.6 Å². The van der Waals surface area contributed by atoms with Crippen molar-refractivity contribution in [2.45, 2.75) is 51.6 Å². The SMILES string of the molecule is CCCNCc1ccc(-c2ccc(CN(CCOC)C(=O)[C@H]3CCCO3)cc2)nc1.O=C(O)C(F)(F)F. The number of nitrogens with one attached hydrogen (secondary N) is 1. The highest BCUT2D eigenvalue weighted by atomic mass is 19.4. The summed E-state index contributed by atoms with van der Waals surface area (Å²) in [6.07, 6.45) is -0.588. The Morgan fingerprint density at radius 1 is 1.19 bits per heavy atom. The predicted octanol–water partition coefficient (Wildman–Crippen LogP) is 4.04. The molecule has 2 N–H and O–H groups in total. The maximum absolute atomic E-state index is 12.8. The Kier molecular flexibility index (Phi) is 12.5. The number of aliphatic carboxylic acids is 1. The van der Waals surface area contributed by atoms with Crippen molar-refractivity contribution in [1.82, 2.24) is 15.2 Å². The fourth-order valence-electron chi connectivity index (χ4n) is 3.56. The Hall–Kier alpha value is -3.02. The van der Waals surface area contributed by atoms with Crippen LogP contribution >= 0.6 is 0 Å². The van der Waals surface area contributed by atoms with Gasteiger partial charge in [-0.05, 0) is 43.0 Å². The summed E-state index contributed by atoms with van der Waals surface area (Å²) in [5.41, 5.74) is 4.29. The van der Waals surface area contributed by atoms with Crippen LogP contribution in [0.25, 0.3) is 11.3 Å². The third kappa shape index (κ3) is 10.5. The Balaban J connectivity index is 0.000000604. The minimum absolute atomic E-state index is 0.0579. The largest absolute Gasteiger partial charge is 0.490 e. The second kappa shape index (κ2) is 15.3. The zero-order valence-corrected chi connectivity index (χ0v) is 21.1. The first-order valence-electron chi connectivity index (χ1n) is 12.1. The van der Waals surface area contributed by atoms with Crippen LogP contribution in [-0.2, 0) is 32.2 Å². The van der Waals surface area contributed by atoms with Gasteiger partial charge in [-0.3, -0.25) is 9.78 Å². The molecule has 37 heavy (non-hydrogen) atoms. The Bertz CT molecular complexity index is 963. The van der Waals surface area contributed by atoms with Crippen LogP contribution in [0.1, 0.15) is 37.3 Å². The number of hydrogen-bond acceptors (Lipinski definition) is 6. The highest BCUT2D eigenvalue weighted by molar-refractivity contribution is 5.81. The molecule has 1 aliphatic rings. The van der Waals surface area contributed by atoms with Crippen LogP contribution in [0.2, 0.25) is 0 Å². The van der Waals surface area contributed by atoms with Gasteiger partial charge in [0, 0.05) is 45.1 Å². The summed E-state index contributed by atoms with van der Waals surface area (Å²) >= 11 is 0. The summed E-state index contributed by atoms with van der Waals surface area (Å²) in [5.74, 6) is -2.70. The number of carbonyl (C=O) groups excluding carboxylic acids is 1. The average molecular weight is 526 g/mol. The van der Waals surface area contributed by atoms with Crippen molar-refractivity contribution >= 4 is 11.9 Å². The molecule has 8 nitrogen and oxygen atoms in total. The van der Waals surface area contributed by atoms with Gasteiger partial charge in [-0.1, -0.05) is 37.3 Å². The maximum atomic E-state index is 12.8. The molecular formula is C26H34F3N3O5. The van der Waals surface area contributed by atoms with Gasteiger partial charge >= 0.3 is 12.1 Å². The number of ether oxygens (including phenoxy) is 2. The molecule has 1 saturated heterocycles. The van der Waals surface area contributed by atoms with Gasteiger partial charge in [-0.2, -0.15) is 13.2 Å². The number of methoxy groups -OCH3 is 1. The lowest BCUT2D eigenvalue weighted by molar-refractivity contribution is -0.192. The summed E-state index contributed by atoms with van der Waals surface area (Å²) in [7, 11) is 1.65. The van der Waals surface area contributed by atoms with Crippen molar-refractivity contribution < 1.29 is 37.3 Å². The van der Waals surface area contributed by atoms with Crippen LogP contribution < -0.4 is 5.32 Å². The highest BCUT2D eigenvalue weighted by Gasteiger charge is 2.38. The van der Waals surface area contributed by atoms with Crippen molar-refractivity contribution in [3.05, 3.63) is 53.7 Å². The van der Waals surface area contributed by atoms with Crippen LogP contribution in [-0.4, -0.2) is 72.6 Å².